The van der Waals surface area contributed by atoms with Crippen LogP contribution in [0.4, 0.5) is 5.82 Å². The van der Waals surface area contributed by atoms with Crippen molar-refractivity contribution in [2.75, 3.05) is 18.0 Å². The number of anilines is 1. The van der Waals surface area contributed by atoms with E-state index in [4.69, 9.17) is 11.0 Å². The first kappa shape index (κ1) is 12.4. The van der Waals surface area contributed by atoms with Gasteiger partial charge in [0.05, 0.1) is 17.0 Å². The van der Waals surface area contributed by atoms with Gasteiger partial charge in [0.1, 0.15) is 5.82 Å². The summed E-state index contributed by atoms with van der Waals surface area (Å²) in [5, 5.41) is 8.95. The van der Waals surface area contributed by atoms with E-state index >= 15 is 0 Å². The number of aryl methyl sites for hydroxylation is 1. The maximum absolute atomic E-state index is 11.4. The molecule has 0 spiro atoms. The number of primary amides is 1. The van der Waals surface area contributed by atoms with Crippen molar-refractivity contribution in [3.8, 4) is 6.07 Å². The lowest BCUT2D eigenvalue weighted by atomic mass is 9.89. The summed E-state index contributed by atoms with van der Waals surface area (Å²) in [5.74, 6) is 0.467. The highest BCUT2D eigenvalue weighted by Crippen LogP contribution is 2.32. The lowest BCUT2D eigenvalue weighted by molar-refractivity contribution is -0.125. The van der Waals surface area contributed by atoms with E-state index in [0.29, 0.717) is 12.1 Å². The molecule has 18 heavy (non-hydrogen) atoms. The highest BCUT2D eigenvalue weighted by atomic mass is 16.1. The average molecular weight is 244 g/mol. The minimum Gasteiger partial charge on any atom is -0.369 e. The molecular formula is C13H16N4O. The summed E-state index contributed by atoms with van der Waals surface area (Å²) in [4.78, 5) is 17.8. The van der Waals surface area contributed by atoms with Crippen LogP contribution in [-0.4, -0.2) is 24.0 Å². The second-order valence-electron chi connectivity index (χ2n) is 5.06. The molecule has 0 aliphatic carbocycles. The van der Waals surface area contributed by atoms with Crippen molar-refractivity contribution in [1.82, 2.24) is 4.98 Å². The van der Waals surface area contributed by atoms with Gasteiger partial charge in [0.25, 0.3) is 0 Å². The third kappa shape index (κ3) is 2.14. The van der Waals surface area contributed by atoms with Gasteiger partial charge in [0.15, 0.2) is 0 Å². The van der Waals surface area contributed by atoms with Crippen LogP contribution in [-0.2, 0) is 4.79 Å². The summed E-state index contributed by atoms with van der Waals surface area (Å²) in [5.41, 5.74) is 6.31. The van der Waals surface area contributed by atoms with Gasteiger partial charge in [-0.05, 0) is 32.4 Å². The number of pyridine rings is 1. The molecule has 5 nitrogen and oxygen atoms in total. The van der Waals surface area contributed by atoms with E-state index in [1.165, 1.54) is 0 Å². The standard InChI is InChI=1S/C13H16N4O/c1-9-5-10(7-14)6-11(16-9)17-4-3-13(2,8-17)12(15)18/h5-6H,3-4,8H2,1-2H3,(H2,15,18). The number of amides is 1. The zero-order chi connectivity index (χ0) is 13.3. The van der Waals surface area contributed by atoms with Crippen molar-refractivity contribution in [2.45, 2.75) is 20.3 Å². The maximum Gasteiger partial charge on any atom is 0.225 e. The van der Waals surface area contributed by atoms with Gasteiger partial charge in [-0.15, -0.1) is 0 Å². The van der Waals surface area contributed by atoms with Crippen LogP contribution >= 0.6 is 0 Å². The average Bonchev–Trinajstić information content (AvgIpc) is 2.72. The molecule has 2 rings (SSSR count). The Labute approximate surface area is 106 Å². The van der Waals surface area contributed by atoms with Gasteiger partial charge in [0.2, 0.25) is 5.91 Å². The number of nitriles is 1. The lowest BCUT2D eigenvalue weighted by Gasteiger charge is -2.22. The molecule has 0 bridgehead atoms. The third-order valence-electron chi connectivity index (χ3n) is 3.46. The summed E-state index contributed by atoms with van der Waals surface area (Å²) >= 11 is 0. The Morgan fingerprint density at radius 1 is 1.61 bits per heavy atom. The fourth-order valence-electron chi connectivity index (χ4n) is 2.24. The summed E-state index contributed by atoms with van der Waals surface area (Å²) < 4.78 is 0. The van der Waals surface area contributed by atoms with Crippen molar-refractivity contribution in [3.05, 3.63) is 23.4 Å². The predicted octanol–water partition coefficient (Wildman–Crippen LogP) is 0.963. The van der Waals surface area contributed by atoms with Crippen LogP contribution in [0.15, 0.2) is 12.1 Å². The molecule has 1 amide bonds. The largest absolute Gasteiger partial charge is 0.369 e. The number of carbonyl (C=O) groups is 1. The normalized spacial score (nSPS) is 22.8. The summed E-state index contributed by atoms with van der Waals surface area (Å²) in [6, 6.07) is 5.61. The van der Waals surface area contributed by atoms with Gasteiger partial charge in [-0.1, -0.05) is 0 Å². The van der Waals surface area contributed by atoms with Crippen molar-refractivity contribution in [2.24, 2.45) is 11.1 Å². The molecule has 5 heteroatoms. The molecule has 1 aromatic rings. The lowest BCUT2D eigenvalue weighted by Crippen LogP contribution is -2.37. The van der Waals surface area contributed by atoms with Crippen molar-refractivity contribution in [1.29, 1.82) is 5.26 Å². The van der Waals surface area contributed by atoms with Crippen LogP contribution in [0.25, 0.3) is 0 Å². The minimum absolute atomic E-state index is 0.279. The van der Waals surface area contributed by atoms with E-state index in [1.807, 2.05) is 18.7 Å². The van der Waals surface area contributed by atoms with Gasteiger partial charge in [0, 0.05) is 18.8 Å². The van der Waals surface area contributed by atoms with Gasteiger partial charge in [-0.3, -0.25) is 4.79 Å². The van der Waals surface area contributed by atoms with Gasteiger partial charge in [-0.25, -0.2) is 4.98 Å². The second-order valence-corrected chi connectivity index (χ2v) is 5.06. The van der Waals surface area contributed by atoms with Crippen LogP contribution in [0.2, 0.25) is 0 Å². The van der Waals surface area contributed by atoms with Crippen LogP contribution in [0.3, 0.4) is 0 Å². The fraction of sp³-hybridized carbons (Fsp3) is 0.462. The van der Waals surface area contributed by atoms with Crippen molar-refractivity contribution >= 4 is 11.7 Å². The monoisotopic (exact) mass is 244 g/mol. The zero-order valence-corrected chi connectivity index (χ0v) is 10.6. The van der Waals surface area contributed by atoms with E-state index < -0.39 is 5.41 Å². The molecule has 2 N–H and O–H groups in total. The molecule has 1 fully saturated rings. The fourth-order valence-corrected chi connectivity index (χ4v) is 2.24. The molecule has 1 unspecified atom stereocenters. The SMILES string of the molecule is Cc1cc(C#N)cc(N2CCC(C)(C(N)=O)C2)n1. The molecule has 0 radical (unpaired) electrons. The van der Waals surface area contributed by atoms with Crippen LogP contribution < -0.4 is 10.6 Å². The highest BCUT2D eigenvalue weighted by molar-refractivity contribution is 5.82. The Morgan fingerprint density at radius 2 is 2.33 bits per heavy atom. The Bertz CT molecular complexity index is 534. The number of nitrogens with zero attached hydrogens (tertiary/aromatic N) is 3. The number of nitrogens with two attached hydrogens (primary N) is 1. The van der Waals surface area contributed by atoms with Gasteiger partial charge < -0.3 is 10.6 Å². The maximum atomic E-state index is 11.4. The van der Waals surface area contributed by atoms with Crippen LogP contribution in [0, 0.1) is 23.7 Å². The Hall–Kier alpha value is -2.09. The Kier molecular flexibility index (Phi) is 2.95. The molecule has 2 heterocycles. The second kappa shape index (κ2) is 4.30. The van der Waals surface area contributed by atoms with E-state index in [0.717, 1.165) is 24.5 Å². The number of hydrogen-bond acceptors (Lipinski definition) is 4. The van der Waals surface area contributed by atoms with Crippen molar-refractivity contribution < 1.29 is 4.79 Å². The molecule has 1 atom stereocenters. The van der Waals surface area contributed by atoms with Gasteiger partial charge in [-0.2, -0.15) is 5.26 Å². The molecule has 94 valence electrons. The number of aromatic nitrogens is 1. The quantitative estimate of drug-likeness (QED) is 0.840. The predicted molar refractivity (Wildman–Crippen MR) is 67.8 cm³/mol. The summed E-state index contributed by atoms with van der Waals surface area (Å²) in [7, 11) is 0. The molecule has 1 aromatic heterocycles. The Balaban J connectivity index is 2.27. The van der Waals surface area contributed by atoms with E-state index in [9.17, 15) is 4.79 Å². The number of rotatable bonds is 2. The minimum atomic E-state index is -0.502. The Morgan fingerprint density at radius 3 is 2.89 bits per heavy atom. The van der Waals surface area contributed by atoms with Crippen LogP contribution in [0.5, 0.6) is 0 Å². The van der Waals surface area contributed by atoms with E-state index in [2.05, 4.69) is 11.1 Å². The topological polar surface area (TPSA) is 83.0 Å². The summed E-state index contributed by atoms with van der Waals surface area (Å²) in [6.07, 6.45) is 0.722. The first-order valence-electron chi connectivity index (χ1n) is 5.88. The summed E-state index contributed by atoms with van der Waals surface area (Å²) in [6.45, 7) is 5.02. The third-order valence-corrected chi connectivity index (χ3v) is 3.46. The molecule has 1 aliphatic heterocycles. The molecule has 0 saturated carbocycles. The molecule has 0 aromatic carbocycles. The first-order valence-corrected chi connectivity index (χ1v) is 5.88. The van der Waals surface area contributed by atoms with E-state index in [1.54, 1.807) is 12.1 Å². The molecule has 1 aliphatic rings. The van der Waals surface area contributed by atoms with Gasteiger partial charge >= 0.3 is 0 Å². The number of carbonyl (C=O) groups excluding carboxylic acids is 1. The number of hydrogen-bond donors (Lipinski definition) is 1. The smallest absolute Gasteiger partial charge is 0.225 e. The molecule has 1 saturated heterocycles. The first-order chi connectivity index (χ1) is 8.44. The van der Waals surface area contributed by atoms with Crippen LogP contribution in [0.1, 0.15) is 24.6 Å². The zero-order valence-electron chi connectivity index (χ0n) is 10.6. The molecular weight excluding hydrogens is 228 g/mol. The van der Waals surface area contributed by atoms with Crippen molar-refractivity contribution in [3.63, 3.8) is 0 Å². The highest BCUT2D eigenvalue weighted by Gasteiger charge is 2.39. The van der Waals surface area contributed by atoms with E-state index in [-0.39, 0.29) is 5.91 Å².